The molecule has 0 radical (unpaired) electrons. The Kier molecular flexibility index (Phi) is 7.68. The summed E-state index contributed by atoms with van der Waals surface area (Å²) in [5, 5.41) is 3.44. The number of methoxy groups -OCH3 is 2. The molecule has 0 aliphatic heterocycles. The van der Waals surface area contributed by atoms with E-state index in [0.29, 0.717) is 12.4 Å². The molecule has 0 aromatic heterocycles. The van der Waals surface area contributed by atoms with Gasteiger partial charge in [0.25, 0.3) is 0 Å². The standard InChI is InChI=1S/C17H28FNO2/c1-5-17(6-2,13-19-9-10-20-3)12-14-7-8-16(21-4)15(18)11-14/h7-8,11,19H,5-6,9-10,12-13H2,1-4H3. The molecule has 1 aromatic carbocycles. The van der Waals surface area contributed by atoms with Crippen LogP contribution in [0.4, 0.5) is 4.39 Å². The van der Waals surface area contributed by atoms with Gasteiger partial charge < -0.3 is 14.8 Å². The summed E-state index contributed by atoms with van der Waals surface area (Å²) in [6.07, 6.45) is 2.97. The number of hydrogen-bond acceptors (Lipinski definition) is 3. The SMILES string of the molecule is CCC(CC)(CNCCOC)Cc1ccc(OC)c(F)c1. The van der Waals surface area contributed by atoms with Crippen LogP contribution in [-0.2, 0) is 11.2 Å². The zero-order valence-electron chi connectivity index (χ0n) is 13.7. The Labute approximate surface area is 127 Å². The van der Waals surface area contributed by atoms with Crippen molar-refractivity contribution < 1.29 is 13.9 Å². The Morgan fingerprint density at radius 1 is 1.19 bits per heavy atom. The number of rotatable bonds is 10. The molecule has 0 unspecified atom stereocenters. The number of ether oxygens (including phenoxy) is 2. The Balaban J connectivity index is 2.74. The normalized spacial score (nSPS) is 11.7. The first-order chi connectivity index (χ1) is 10.1. The van der Waals surface area contributed by atoms with Gasteiger partial charge in [-0.15, -0.1) is 0 Å². The molecule has 0 bridgehead atoms. The van der Waals surface area contributed by atoms with Crippen molar-refractivity contribution in [3.63, 3.8) is 0 Å². The van der Waals surface area contributed by atoms with E-state index in [2.05, 4.69) is 19.2 Å². The first-order valence-electron chi connectivity index (χ1n) is 7.63. The second-order valence-electron chi connectivity index (χ2n) is 5.52. The molecule has 0 atom stereocenters. The van der Waals surface area contributed by atoms with E-state index in [1.165, 1.54) is 7.11 Å². The van der Waals surface area contributed by atoms with Crippen molar-refractivity contribution in [3.8, 4) is 5.75 Å². The van der Waals surface area contributed by atoms with Gasteiger partial charge in [0, 0.05) is 20.2 Å². The fourth-order valence-corrected chi connectivity index (χ4v) is 2.59. The molecule has 120 valence electrons. The Morgan fingerprint density at radius 2 is 1.90 bits per heavy atom. The van der Waals surface area contributed by atoms with Crippen molar-refractivity contribution in [2.45, 2.75) is 33.1 Å². The van der Waals surface area contributed by atoms with Gasteiger partial charge >= 0.3 is 0 Å². The fraction of sp³-hybridized carbons (Fsp3) is 0.647. The van der Waals surface area contributed by atoms with Gasteiger partial charge in [0.05, 0.1) is 13.7 Å². The largest absolute Gasteiger partial charge is 0.494 e. The van der Waals surface area contributed by atoms with Crippen molar-refractivity contribution in [1.29, 1.82) is 0 Å². The van der Waals surface area contributed by atoms with Gasteiger partial charge in [-0.05, 0) is 42.4 Å². The smallest absolute Gasteiger partial charge is 0.165 e. The van der Waals surface area contributed by atoms with Crippen LogP contribution in [0.15, 0.2) is 18.2 Å². The van der Waals surface area contributed by atoms with E-state index in [4.69, 9.17) is 9.47 Å². The summed E-state index contributed by atoms with van der Waals surface area (Å²) < 4.78 is 23.9. The zero-order chi connectivity index (χ0) is 15.7. The van der Waals surface area contributed by atoms with Crippen molar-refractivity contribution >= 4 is 0 Å². The van der Waals surface area contributed by atoms with E-state index in [9.17, 15) is 4.39 Å². The highest BCUT2D eigenvalue weighted by Gasteiger charge is 2.26. The number of hydrogen-bond donors (Lipinski definition) is 1. The summed E-state index contributed by atoms with van der Waals surface area (Å²) in [6, 6.07) is 5.25. The van der Waals surface area contributed by atoms with Gasteiger partial charge in [0.15, 0.2) is 11.6 Å². The van der Waals surface area contributed by atoms with Crippen LogP contribution in [0.1, 0.15) is 32.3 Å². The topological polar surface area (TPSA) is 30.5 Å². The maximum Gasteiger partial charge on any atom is 0.165 e. The minimum atomic E-state index is -0.288. The second-order valence-corrected chi connectivity index (χ2v) is 5.52. The van der Waals surface area contributed by atoms with E-state index in [0.717, 1.165) is 37.9 Å². The van der Waals surface area contributed by atoms with Crippen LogP contribution in [0.25, 0.3) is 0 Å². The molecule has 1 N–H and O–H groups in total. The van der Waals surface area contributed by atoms with Gasteiger partial charge in [-0.3, -0.25) is 0 Å². The van der Waals surface area contributed by atoms with E-state index in [1.807, 2.05) is 6.07 Å². The summed E-state index contributed by atoms with van der Waals surface area (Å²) >= 11 is 0. The molecule has 0 fully saturated rings. The minimum absolute atomic E-state index is 0.148. The molecule has 0 heterocycles. The summed E-state index contributed by atoms with van der Waals surface area (Å²) in [5.41, 5.74) is 1.17. The Bertz CT molecular complexity index is 419. The molecule has 0 saturated carbocycles. The maximum atomic E-state index is 13.8. The summed E-state index contributed by atoms with van der Waals surface area (Å²) in [4.78, 5) is 0. The summed E-state index contributed by atoms with van der Waals surface area (Å²) in [7, 11) is 3.19. The second kappa shape index (κ2) is 9.00. The van der Waals surface area contributed by atoms with E-state index in [1.54, 1.807) is 19.2 Å². The third-order valence-corrected chi connectivity index (χ3v) is 4.28. The van der Waals surface area contributed by atoms with E-state index in [-0.39, 0.29) is 11.2 Å². The van der Waals surface area contributed by atoms with Gasteiger partial charge in [-0.1, -0.05) is 19.9 Å². The van der Waals surface area contributed by atoms with Crippen molar-refractivity contribution in [3.05, 3.63) is 29.6 Å². The molecule has 4 heteroatoms. The molecule has 0 spiro atoms. The minimum Gasteiger partial charge on any atom is -0.494 e. The van der Waals surface area contributed by atoms with Gasteiger partial charge in [0.2, 0.25) is 0 Å². The Morgan fingerprint density at radius 3 is 2.43 bits per heavy atom. The average molecular weight is 297 g/mol. The van der Waals surface area contributed by atoms with Gasteiger partial charge in [-0.2, -0.15) is 0 Å². The van der Waals surface area contributed by atoms with E-state index < -0.39 is 0 Å². The number of benzene rings is 1. The molecule has 0 saturated heterocycles. The summed E-state index contributed by atoms with van der Waals surface area (Å²) in [6.45, 7) is 6.86. The average Bonchev–Trinajstić information content (AvgIpc) is 2.50. The van der Waals surface area contributed by atoms with Crippen LogP contribution in [0.3, 0.4) is 0 Å². The first kappa shape index (κ1) is 17.9. The molecule has 1 aromatic rings. The van der Waals surface area contributed by atoms with Crippen LogP contribution >= 0.6 is 0 Å². The maximum absolute atomic E-state index is 13.8. The van der Waals surface area contributed by atoms with E-state index >= 15 is 0 Å². The quantitative estimate of drug-likeness (QED) is 0.671. The highest BCUT2D eigenvalue weighted by atomic mass is 19.1. The molecule has 3 nitrogen and oxygen atoms in total. The first-order valence-corrected chi connectivity index (χ1v) is 7.63. The highest BCUT2D eigenvalue weighted by Crippen LogP contribution is 2.31. The van der Waals surface area contributed by atoms with Crippen LogP contribution in [-0.4, -0.2) is 33.9 Å². The number of nitrogens with one attached hydrogen (secondary N) is 1. The zero-order valence-corrected chi connectivity index (χ0v) is 13.7. The Hall–Kier alpha value is -1.13. The molecule has 0 aliphatic rings. The lowest BCUT2D eigenvalue weighted by molar-refractivity contribution is 0.185. The molecule has 21 heavy (non-hydrogen) atoms. The third-order valence-electron chi connectivity index (χ3n) is 4.28. The van der Waals surface area contributed by atoms with Gasteiger partial charge in [0.1, 0.15) is 0 Å². The van der Waals surface area contributed by atoms with Crippen molar-refractivity contribution in [2.75, 3.05) is 33.9 Å². The fourth-order valence-electron chi connectivity index (χ4n) is 2.59. The van der Waals surface area contributed by atoms with Crippen molar-refractivity contribution in [2.24, 2.45) is 5.41 Å². The van der Waals surface area contributed by atoms with Gasteiger partial charge in [-0.25, -0.2) is 4.39 Å². The number of halogens is 1. The monoisotopic (exact) mass is 297 g/mol. The van der Waals surface area contributed by atoms with Crippen molar-refractivity contribution in [1.82, 2.24) is 5.32 Å². The predicted molar refractivity (Wildman–Crippen MR) is 84.4 cm³/mol. The van der Waals surface area contributed by atoms with Crippen LogP contribution < -0.4 is 10.1 Å². The lowest BCUT2D eigenvalue weighted by Gasteiger charge is -2.32. The predicted octanol–water partition coefficient (Wildman–Crippen LogP) is 3.42. The molecular weight excluding hydrogens is 269 g/mol. The van der Waals surface area contributed by atoms with Crippen LogP contribution in [0, 0.1) is 11.2 Å². The molecule has 0 aliphatic carbocycles. The molecule has 0 amide bonds. The third kappa shape index (κ3) is 5.29. The molecule has 1 rings (SSSR count). The molecular formula is C17H28FNO2. The summed E-state index contributed by atoms with van der Waals surface area (Å²) in [5.74, 6) is 0.0130. The van der Waals surface area contributed by atoms with Crippen LogP contribution in [0.5, 0.6) is 5.75 Å². The lowest BCUT2D eigenvalue weighted by Crippen LogP contribution is -2.36. The highest BCUT2D eigenvalue weighted by molar-refractivity contribution is 5.30. The lowest BCUT2D eigenvalue weighted by atomic mass is 9.77. The van der Waals surface area contributed by atoms with Crippen LogP contribution in [0.2, 0.25) is 0 Å².